The van der Waals surface area contributed by atoms with Crippen LogP contribution in [0.3, 0.4) is 0 Å². The summed E-state index contributed by atoms with van der Waals surface area (Å²) in [6.45, 7) is 7.85. The maximum Gasteiger partial charge on any atom is 0.275 e. The van der Waals surface area contributed by atoms with E-state index >= 15 is 0 Å². The number of aromatic nitrogens is 4. The lowest BCUT2D eigenvalue weighted by atomic mass is 9.92. The number of hydrogen-bond donors (Lipinski definition) is 1. The molecule has 7 heteroatoms. The molecule has 1 aliphatic heterocycles. The van der Waals surface area contributed by atoms with E-state index in [1.807, 2.05) is 43.4 Å². The molecule has 0 saturated carbocycles. The van der Waals surface area contributed by atoms with Gasteiger partial charge in [-0.1, -0.05) is 39.0 Å². The lowest BCUT2D eigenvalue weighted by molar-refractivity contribution is 0.0701. The van der Waals surface area contributed by atoms with Gasteiger partial charge in [0.15, 0.2) is 11.5 Å². The molecule has 1 saturated heterocycles. The van der Waals surface area contributed by atoms with Crippen molar-refractivity contribution in [2.75, 3.05) is 25.0 Å². The fraction of sp³-hybridized carbons (Fsp3) is 0.400. The molecule has 0 radical (unpaired) electrons. The molecular formula is C20H24N6O. The van der Waals surface area contributed by atoms with Crippen LogP contribution < -0.4 is 4.90 Å². The van der Waals surface area contributed by atoms with E-state index in [0.29, 0.717) is 5.69 Å². The van der Waals surface area contributed by atoms with Crippen LogP contribution in [0.5, 0.6) is 0 Å². The number of benzene rings is 1. The first kappa shape index (κ1) is 17.5. The van der Waals surface area contributed by atoms with Gasteiger partial charge in [-0.15, -0.1) is 5.10 Å². The molecule has 27 heavy (non-hydrogen) atoms. The van der Waals surface area contributed by atoms with Crippen LogP contribution in [0.4, 0.5) is 5.82 Å². The first-order chi connectivity index (χ1) is 12.8. The Morgan fingerprint density at radius 3 is 2.56 bits per heavy atom. The number of carbonyl (C=O) groups excluding carboxylic acids is 1. The molecule has 0 bridgehead atoms. The van der Waals surface area contributed by atoms with Crippen molar-refractivity contribution in [1.82, 2.24) is 25.3 Å². The summed E-state index contributed by atoms with van der Waals surface area (Å²) in [6, 6.07) is 11.8. The highest BCUT2D eigenvalue weighted by Gasteiger charge is 2.35. The van der Waals surface area contributed by atoms with Gasteiger partial charge in [0.05, 0.1) is 17.3 Å². The summed E-state index contributed by atoms with van der Waals surface area (Å²) in [6.07, 6.45) is 0. The van der Waals surface area contributed by atoms with Crippen LogP contribution in [-0.2, 0) is 5.41 Å². The molecule has 3 heterocycles. The lowest BCUT2D eigenvalue weighted by Crippen LogP contribution is -2.60. The van der Waals surface area contributed by atoms with Crippen molar-refractivity contribution < 1.29 is 4.79 Å². The third kappa shape index (κ3) is 3.13. The minimum absolute atomic E-state index is 0.0119. The van der Waals surface area contributed by atoms with Crippen LogP contribution in [0, 0.1) is 0 Å². The third-order valence-electron chi connectivity index (χ3n) is 5.15. The second-order valence-electron chi connectivity index (χ2n) is 8.12. The maximum atomic E-state index is 12.8. The number of nitrogens with one attached hydrogen (secondary N) is 1. The van der Waals surface area contributed by atoms with E-state index in [0.717, 1.165) is 35.5 Å². The monoisotopic (exact) mass is 364 g/mol. The number of amides is 1. The Labute approximate surface area is 158 Å². The number of nitrogens with zero attached hydrogens (tertiary/aromatic N) is 5. The van der Waals surface area contributed by atoms with E-state index in [2.05, 4.69) is 46.1 Å². The Bertz CT molecular complexity index is 966. The van der Waals surface area contributed by atoms with Crippen molar-refractivity contribution in [2.45, 2.75) is 32.2 Å². The number of anilines is 1. The van der Waals surface area contributed by atoms with Crippen LogP contribution in [-0.4, -0.2) is 57.4 Å². The minimum Gasteiger partial charge on any atom is -0.351 e. The maximum absolute atomic E-state index is 12.8. The highest BCUT2D eigenvalue weighted by molar-refractivity contribution is 6.04. The molecule has 0 aliphatic carbocycles. The molecule has 0 atom stereocenters. The predicted octanol–water partition coefficient (Wildman–Crippen LogP) is 2.61. The largest absolute Gasteiger partial charge is 0.351 e. The zero-order chi connectivity index (χ0) is 19.2. The molecule has 4 rings (SSSR count). The first-order valence-corrected chi connectivity index (χ1v) is 9.14. The molecule has 0 unspecified atom stereocenters. The fourth-order valence-electron chi connectivity index (χ4n) is 3.24. The molecule has 1 N–H and O–H groups in total. The molecule has 0 spiro atoms. The molecule has 1 aromatic carbocycles. The Morgan fingerprint density at radius 2 is 1.89 bits per heavy atom. The summed E-state index contributed by atoms with van der Waals surface area (Å²) in [7, 11) is 1.84. The summed E-state index contributed by atoms with van der Waals surface area (Å²) in [4.78, 5) is 16.8. The van der Waals surface area contributed by atoms with Gasteiger partial charge in [0.1, 0.15) is 0 Å². The molecule has 3 aromatic rings. The summed E-state index contributed by atoms with van der Waals surface area (Å²) >= 11 is 0. The highest BCUT2D eigenvalue weighted by atomic mass is 16.2. The van der Waals surface area contributed by atoms with E-state index in [4.69, 9.17) is 0 Å². The van der Waals surface area contributed by atoms with Gasteiger partial charge in [-0.3, -0.25) is 9.89 Å². The van der Waals surface area contributed by atoms with Gasteiger partial charge in [-0.2, -0.15) is 10.2 Å². The van der Waals surface area contributed by atoms with Gasteiger partial charge in [0, 0.05) is 30.9 Å². The average Bonchev–Trinajstić information content (AvgIpc) is 3.03. The summed E-state index contributed by atoms with van der Waals surface area (Å²) < 4.78 is 0. The van der Waals surface area contributed by atoms with Gasteiger partial charge < -0.3 is 9.80 Å². The zero-order valence-corrected chi connectivity index (χ0v) is 16.1. The predicted molar refractivity (Wildman–Crippen MR) is 105 cm³/mol. The van der Waals surface area contributed by atoms with Crippen LogP contribution in [0.1, 0.15) is 37.0 Å². The fourth-order valence-corrected chi connectivity index (χ4v) is 3.24. The normalized spacial score (nSPS) is 15.0. The summed E-state index contributed by atoms with van der Waals surface area (Å²) in [5, 5.41) is 16.7. The van der Waals surface area contributed by atoms with Crippen LogP contribution in [0.2, 0.25) is 0 Å². The topological polar surface area (TPSA) is 78.0 Å². The van der Waals surface area contributed by atoms with Gasteiger partial charge in [-0.25, -0.2) is 0 Å². The second kappa shape index (κ2) is 6.33. The number of hydrogen-bond acceptors (Lipinski definition) is 5. The number of carbonyl (C=O) groups is 1. The first-order valence-electron chi connectivity index (χ1n) is 9.14. The van der Waals surface area contributed by atoms with Crippen molar-refractivity contribution in [1.29, 1.82) is 0 Å². The SMILES string of the molecule is CN(C(=O)c1n[nH]c2ccccc12)C1CN(c2ccc(C(C)(C)C)nn2)C1. The van der Waals surface area contributed by atoms with Crippen molar-refractivity contribution in [3.63, 3.8) is 0 Å². The Hall–Kier alpha value is -2.96. The van der Waals surface area contributed by atoms with Gasteiger partial charge in [-0.05, 0) is 18.2 Å². The molecule has 1 fully saturated rings. The molecule has 1 amide bonds. The summed E-state index contributed by atoms with van der Waals surface area (Å²) in [5.41, 5.74) is 2.31. The number of likely N-dealkylation sites (N-methyl/N-ethyl adjacent to an activating group) is 1. The number of H-pyrrole nitrogens is 1. The molecule has 7 nitrogen and oxygen atoms in total. The van der Waals surface area contributed by atoms with Gasteiger partial charge >= 0.3 is 0 Å². The van der Waals surface area contributed by atoms with Crippen molar-refractivity contribution in [3.8, 4) is 0 Å². The number of para-hydroxylation sites is 1. The molecular weight excluding hydrogens is 340 g/mol. The molecule has 2 aromatic heterocycles. The quantitative estimate of drug-likeness (QED) is 0.773. The average molecular weight is 364 g/mol. The van der Waals surface area contributed by atoms with Crippen LogP contribution in [0.25, 0.3) is 10.9 Å². The zero-order valence-electron chi connectivity index (χ0n) is 16.1. The van der Waals surface area contributed by atoms with E-state index in [1.165, 1.54) is 0 Å². The van der Waals surface area contributed by atoms with E-state index in [1.54, 1.807) is 4.90 Å². The van der Waals surface area contributed by atoms with Crippen LogP contribution in [0.15, 0.2) is 36.4 Å². The smallest absolute Gasteiger partial charge is 0.275 e. The lowest BCUT2D eigenvalue weighted by Gasteiger charge is -2.44. The summed E-state index contributed by atoms with van der Waals surface area (Å²) in [5.74, 6) is 0.789. The number of fused-ring (bicyclic) bond motifs is 1. The van der Waals surface area contributed by atoms with Crippen molar-refractivity contribution in [3.05, 3.63) is 47.8 Å². The van der Waals surface area contributed by atoms with E-state index in [-0.39, 0.29) is 17.4 Å². The van der Waals surface area contributed by atoms with Crippen molar-refractivity contribution >= 4 is 22.6 Å². The van der Waals surface area contributed by atoms with Crippen LogP contribution >= 0.6 is 0 Å². The Balaban J connectivity index is 1.42. The molecule has 140 valence electrons. The second-order valence-corrected chi connectivity index (χ2v) is 8.12. The van der Waals surface area contributed by atoms with E-state index < -0.39 is 0 Å². The minimum atomic E-state index is -0.0636. The van der Waals surface area contributed by atoms with Gasteiger partial charge in [0.25, 0.3) is 5.91 Å². The number of rotatable bonds is 3. The Kier molecular flexibility index (Phi) is 4.09. The number of aromatic amines is 1. The van der Waals surface area contributed by atoms with Gasteiger partial charge in [0.2, 0.25) is 0 Å². The third-order valence-corrected chi connectivity index (χ3v) is 5.15. The highest BCUT2D eigenvalue weighted by Crippen LogP contribution is 2.25. The van der Waals surface area contributed by atoms with Crippen molar-refractivity contribution in [2.24, 2.45) is 0 Å². The molecule has 1 aliphatic rings. The standard InChI is InChI=1S/C20H24N6O/c1-20(2,3)16-9-10-17(23-22-16)26-11-13(12-26)25(4)19(27)18-14-7-5-6-8-15(14)21-24-18/h5-10,13H,11-12H2,1-4H3,(H,21,24). The Morgan fingerprint density at radius 1 is 1.15 bits per heavy atom. The van der Waals surface area contributed by atoms with E-state index in [9.17, 15) is 4.79 Å².